The maximum atomic E-state index is 12.8. The third kappa shape index (κ3) is 4.87. The van der Waals surface area contributed by atoms with Gasteiger partial charge in [0.25, 0.3) is 0 Å². The number of halogens is 1. The topological polar surface area (TPSA) is 69.0 Å². The fourth-order valence-electron chi connectivity index (χ4n) is 2.31. The molecule has 1 N–H and O–H groups in total. The average Bonchev–Trinajstić information content (AvgIpc) is 3.03. The van der Waals surface area contributed by atoms with Gasteiger partial charge in [0.15, 0.2) is 0 Å². The Labute approximate surface area is 144 Å². The van der Waals surface area contributed by atoms with Crippen molar-refractivity contribution in [1.29, 1.82) is 0 Å². The molecule has 0 spiro atoms. The van der Waals surface area contributed by atoms with E-state index in [4.69, 9.17) is 4.74 Å². The van der Waals surface area contributed by atoms with Gasteiger partial charge in [0.05, 0.1) is 12.7 Å². The minimum Gasteiger partial charge on any atom is -0.443 e. The Kier molecular flexibility index (Phi) is 5.03. The molecular formula is C18H17FN4O2. The van der Waals surface area contributed by atoms with Crippen molar-refractivity contribution in [3.8, 4) is 0 Å². The summed E-state index contributed by atoms with van der Waals surface area (Å²) < 4.78 is 19.6. The molecule has 3 aromatic rings. The third-order valence-corrected chi connectivity index (χ3v) is 3.45. The van der Waals surface area contributed by atoms with E-state index in [0.29, 0.717) is 17.9 Å². The second-order valence-electron chi connectivity index (χ2n) is 5.60. The second kappa shape index (κ2) is 7.57. The summed E-state index contributed by atoms with van der Waals surface area (Å²) in [7, 11) is 0. The number of ether oxygens (including phenoxy) is 1. The first-order valence-electron chi connectivity index (χ1n) is 7.72. The number of benzene rings is 2. The molecule has 2 aromatic carbocycles. The Morgan fingerprint density at radius 1 is 1.24 bits per heavy atom. The van der Waals surface area contributed by atoms with E-state index in [-0.39, 0.29) is 12.4 Å². The zero-order valence-corrected chi connectivity index (χ0v) is 13.6. The molecule has 1 aromatic heterocycles. The summed E-state index contributed by atoms with van der Waals surface area (Å²) in [6.45, 7) is 2.63. The SMILES string of the molecule is Cc1cccc(Cn2cc(COC(=O)Nc3ccc(F)cc3)nn2)c1. The van der Waals surface area contributed by atoms with Crippen LogP contribution < -0.4 is 5.32 Å². The zero-order valence-electron chi connectivity index (χ0n) is 13.6. The Morgan fingerprint density at radius 2 is 2.04 bits per heavy atom. The van der Waals surface area contributed by atoms with Crippen LogP contribution in [-0.2, 0) is 17.9 Å². The van der Waals surface area contributed by atoms with Crippen LogP contribution in [0.1, 0.15) is 16.8 Å². The first kappa shape index (κ1) is 16.6. The monoisotopic (exact) mass is 340 g/mol. The van der Waals surface area contributed by atoms with Crippen molar-refractivity contribution < 1.29 is 13.9 Å². The number of hydrogen-bond acceptors (Lipinski definition) is 4. The lowest BCUT2D eigenvalue weighted by atomic mass is 10.1. The molecular weight excluding hydrogens is 323 g/mol. The maximum absolute atomic E-state index is 12.8. The summed E-state index contributed by atoms with van der Waals surface area (Å²) in [5.41, 5.74) is 3.29. The van der Waals surface area contributed by atoms with Crippen LogP contribution in [0.15, 0.2) is 54.7 Å². The molecule has 0 saturated carbocycles. The van der Waals surface area contributed by atoms with Crippen LogP contribution in [0.25, 0.3) is 0 Å². The maximum Gasteiger partial charge on any atom is 0.412 e. The molecule has 25 heavy (non-hydrogen) atoms. The molecule has 1 amide bonds. The van der Waals surface area contributed by atoms with E-state index in [1.807, 2.05) is 25.1 Å². The number of aryl methyl sites for hydroxylation is 1. The van der Waals surface area contributed by atoms with Gasteiger partial charge in [-0.15, -0.1) is 5.10 Å². The molecule has 0 aliphatic carbocycles. The Morgan fingerprint density at radius 3 is 2.80 bits per heavy atom. The van der Waals surface area contributed by atoms with Crippen molar-refractivity contribution in [1.82, 2.24) is 15.0 Å². The quantitative estimate of drug-likeness (QED) is 0.771. The minimum absolute atomic E-state index is 0.000839. The van der Waals surface area contributed by atoms with Gasteiger partial charge < -0.3 is 4.74 Å². The summed E-state index contributed by atoms with van der Waals surface area (Å²) in [5, 5.41) is 10.5. The van der Waals surface area contributed by atoms with Crippen molar-refractivity contribution in [3.63, 3.8) is 0 Å². The van der Waals surface area contributed by atoms with Gasteiger partial charge in [0.1, 0.15) is 18.1 Å². The molecule has 0 aliphatic heterocycles. The van der Waals surface area contributed by atoms with E-state index in [9.17, 15) is 9.18 Å². The summed E-state index contributed by atoms with van der Waals surface area (Å²) >= 11 is 0. The Balaban J connectivity index is 1.51. The summed E-state index contributed by atoms with van der Waals surface area (Å²) in [6, 6.07) is 13.5. The van der Waals surface area contributed by atoms with Gasteiger partial charge in [0, 0.05) is 5.69 Å². The summed E-state index contributed by atoms with van der Waals surface area (Å²) in [6.07, 6.45) is 1.09. The highest BCUT2D eigenvalue weighted by Crippen LogP contribution is 2.09. The van der Waals surface area contributed by atoms with E-state index in [1.54, 1.807) is 10.9 Å². The zero-order chi connectivity index (χ0) is 17.6. The van der Waals surface area contributed by atoms with Crippen LogP contribution >= 0.6 is 0 Å². The molecule has 0 unspecified atom stereocenters. The predicted octanol–water partition coefficient (Wildman–Crippen LogP) is 3.52. The number of rotatable bonds is 5. The van der Waals surface area contributed by atoms with Crippen LogP contribution in [0.3, 0.4) is 0 Å². The van der Waals surface area contributed by atoms with Gasteiger partial charge in [-0.2, -0.15) is 0 Å². The molecule has 3 rings (SSSR count). The van der Waals surface area contributed by atoms with E-state index in [1.165, 1.54) is 29.8 Å². The summed E-state index contributed by atoms with van der Waals surface area (Å²) in [5.74, 6) is -0.371. The normalized spacial score (nSPS) is 10.5. The molecule has 0 atom stereocenters. The van der Waals surface area contributed by atoms with Gasteiger partial charge >= 0.3 is 6.09 Å². The lowest BCUT2D eigenvalue weighted by Gasteiger charge is -2.05. The van der Waals surface area contributed by atoms with E-state index < -0.39 is 6.09 Å². The highest BCUT2D eigenvalue weighted by atomic mass is 19.1. The summed E-state index contributed by atoms with van der Waals surface area (Å²) in [4.78, 5) is 11.7. The lowest BCUT2D eigenvalue weighted by molar-refractivity contribution is 0.153. The Bertz CT molecular complexity index is 862. The predicted molar refractivity (Wildman–Crippen MR) is 90.5 cm³/mol. The molecule has 1 heterocycles. The van der Waals surface area contributed by atoms with Crippen molar-refractivity contribution in [2.45, 2.75) is 20.1 Å². The first-order valence-corrected chi connectivity index (χ1v) is 7.72. The van der Waals surface area contributed by atoms with E-state index >= 15 is 0 Å². The molecule has 6 nitrogen and oxygen atoms in total. The third-order valence-electron chi connectivity index (χ3n) is 3.45. The van der Waals surface area contributed by atoms with E-state index in [0.717, 1.165) is 5.56 Å². The van der Waals surface area contributed by atoms with Crippen molar-refractivity contribution in [2.24, 2.45) is 0 Å². The van der Waals surface area contributed by atoms with Crippen LogP contribution in [0.4, 0.5) is 14.9 Å². The van der Waals surface area contributed by atoms with Crippen LogP contribution in [0.2, 0.25) is 0 Å². The number of nitrogens with zero attached hydrogens (tertiary/aromatic N) is 3. The smallest absolute Gasteiger partial charge is 0.412 e. The molecule has 0 radical (unpaired) electrons. The van der Waals surface area contributed by atoms with Crippen molar-refractivity contribution >= 4 is 11.8 Å². The minimum atomic E-state index is -0.639. The molecule has 0 bridgehead atoms. The van der Waals surface area contributed by atoms with Gasteiger partial charge in [0.2, 0.25) is 0 Å². The number of hydrogen-bond donors (Lipinski definition) is 1. The van der Waals surface area contributed by atoms with Crippen LogP contribution in [-0.4, -0.2) is 21.1 Å². The average molecular weight is 340 g/mol. The van der Waals surface area contributed by atoms with Crippen molar-refractivity contribution in [2.75, 3.05) is 5.32 Å². The van der Waals surface area contributed by atoms with Crippen molar-refractivity contribution in [3.05, 3.63) is 77.4 Å². The highest BCUT2D eigenvalue weighted by Gasteiger charge is 2.07. The van der Waals surface area contributed by atoms with Gasteiger partial charge in [-0.05, 0) is 36.8 Å². The molecule has 0 saturated heterocycles. The van der Waals surface area contributed by atoms with Gasteiger partial charge in [-0.1, -0.05) is 35.0 Å². The largest absolute Gasteiger partial charge is 0.443 e. The molecule has 128 valence electrons. The highest BCUT2D eigenvalue weighted by molar-refractivity contribution is 5.84. The Hall–Kier alpha value is -3.22. The van der Waals surface area contributed by atoms with Crippen LogP contribution in [0.5, 0.6) is 0 Å². The standard InChI is InChI=1S/C18H17FN4O2/c1-13-3-2-4-14(9-13)10-23-11-17(21-22-23)12-25-18(24)20-16-7-5-15(19)6-8-16/h2-9,11H,10,12H2,1H3,(H,20,24). The fourth-order valence-corrected chi connectivity index (χ4v) is 2.31. The number of amides is 1. The van der Waals surface area contributed by atoms with Gasteiger partial charge in [-0.3, -0.25) is 5.32 Å². The number of nitrogens with one attached hydrogen (secondary N) is 1. The number of carbonyl (C=O) groups is 1. The first-order chi connectivity index (χ1) is 12.1. The molecule has 0 aliphatic rings. The number of anilines is 1. The van der Waals surface area contributed by atoms with Gasteiger partial charge in [-0.25, -0.2) is 13.9 Å². The fraction of sp³-hybridized carbons (Fsp3) is 0.167. The van der Waals surface area contributed by atoms with E-state index in [2.05, 4.69) is 21.7 Å². The number of aromatic nitrogens is 3. The lowest BCUT2D eigenvalue weighted by Crippen LogP contribution is -2.13. The number of carbonyl (C=O) groups excluding carboxylic acids is 1. The molecule has 0 fully saturated rings. The second-order valence-corrected chi connectivity index (χ2v) is 5.60. The van der Waals surface area contributed by atoms with Crippen LogP contribution in [0, 0.1) is 12.7 Å². The molecule has 7 heteroatoms.